The Labute approximate surface area is 112 Å². The van der Waals surface area contributed by atoms with Crippen LogP contribution in [0.2, 0.25) is 0 Å². The van der Waals surface area contributed by atoms with E-state index in [9.17, 15) is 5.11 Å². The van der Waals surface area contributed by atoms with Gasteiger partial charge in [-0.3, -0.25) is 4.90 Å². The van der Waals surface area contributed by atoms with Crippen LogP contribution in [0.1, 0.15) is 52.9 Å². The lowest BCUT2D eigenvalue weighted by molar-refractivity contribution is 0.0536. The van der Waals surface area contributed by atoms with E-state index in [1.165, 1.54) is 38.6 Å². The predicted octanol–water partition coefficient (Wildman–Crippen LogP) is 2.00. The molecule has 1 saturated heterocycles. The Kier molecular flexibility index (Phi) is 4.68. The number of rotatable bonds is 5. The second-order valence-electron chi connectivity index (χ2n) is 6.89. The maximum atomic E-state index is 9.72. The summed E-state index contributed by atoms with van der Waals surface area (Å²) < 4.78 is 0. The second kappa shape index (κ2) is 5.89. The third kappa shape index (κ3) is 3.25. The minimum absolute atomic E-state index is 0.154. The lowest BCUT2D eigenvalue weighted by Crippen LogP contribution is -2.59. The number of likely N-dealkylation sites (tertiary alicyclic amines) is 1. The smallest absolute Gasteiger partial charge is 0.0623 e. The molecule has 1 heterocycles. The molecule has 0 spiro atoms. The zero-order valence-electron chi connectivity index (χ0n) is 12.3. The molecule has 3 unspecified atom stereocenters. The highest BCUT2D eigenvalue weighted by molar-refractivity contribution is 4.95. The molecule has 3 heteroatoms. The first-order valence-corrected chi connectivity index (χ1v) is 7.67. The molecule has 106 valence electrons. The van der Waals surface area contributed by atoms with Crippen LogP contribution in [0.4, 0.5) is 0 Å². The molecule has 1 saturated carbocycles. The average molecular weight is 254 g/mol. The third-order valence-corrected chi connectivity index (χ3v) is 4.65. The van der Waals surface area contributed by atoms with Gasteiger partial charge in [0, 0.05) is 18.6 Å². The van der Waals surface area contributed by atoms with E-state index < -0.39 is 0 Å². The zero-order chi connectivity index (χ0) is 13.2. The number of aliphatic hydroxyl groups is 1. The number of aliphatic hydroxyl groups excluding tert-OH is 1. The minimum Gasteiger partial charge on any atom is -0.394 e. The molecule has 2 aliphatic rings. The largest absolute Gasteiger partial charge is 0.394 e. The molecular weight excluding hydrogens is 224 g/mol. The summed E-state index contributed by atoms with van der Waals surface area (Å²) in [5.74, 6) is 0.931. The van der Waals surface area contributed by atoms with Gasteiger partial charge in [-0.2, -0.15) is 0 Å². The van der Waals surface area contributed by atoms with Gasteiger partial charge in [-0.15, -0.1) is 0 Å². The van der Waals surface area contributed by atoms with E-state index in [4.69, 9.17) is 0 Å². The summed E-state index contributed by atoms with van der Waals surface area (Å²) in [6.07, 6.45) is 6.96. The Balaban J connectivity index is 1.97. The van der Waals surface area contributed by atoms with Crippen molar-refractivity contribution in [1.29, 1.82) is 0 Å². The van der Waals surface area contributed by atoms with E-state index >= 15 is 0 Å². The van der Waals surface area contributed by atoms with Crippen LogP contribution in [-0.4, -0.2) is 47.3 Å². The van der Waals surface area contributed by atoms with Gasteiger partial charge in [-0.05, 0) is 45.1 Å². The summed E-state index contributed by atoms with van der Waals surface area (Å²) in [7, 11) is 0. The Morgan fingerprint density at radius 1 is 1.28 bits per heavy atom. The van der Waals surface area contributed by atoms with Crippen molar-refractivity contribution in [3.63, 3.8) is 0 Å². The summed E-state index contributed by atoms with van der Waals surface area (Å²) in [6, 6.07) is 1.21. The fourth-order valence-electron chi connectivity index (χ4n) is 4.04. The fraction of sp³-hybridized carbons (Fsp3) is 1.00. The van der Waals surface area contributed by atoms with Gasteiger partial charge in [0.2, 0.25) is 0 Å². The topological polar surface area (TPSA) is 35.5 Å². The van der Waals surface area contributed by atoms with Crippen LogP contribution in [0.25, 0.3) is 0 Å². The summed E-state index contributed by atoms with van der Waals surface area (Å²) in [5.41, 5.74) is -0.154. The lowest BCUT2D eigenvalue weighted by Gasteiger charge is -2.43. The first kappa shape index (κ1) is 14.3. The molecule has 0 bridgehead atoms. The first-order valence-electron chi connectivity index (χ1n) is 7.67. The average Bonchev–Trinajstić information content (AvgIpc) is 2.77. The second-order valence-corrected chi connectivity index (χ2v) is 6.89. The van der Waals surface area contributed by atoms with Gasteiger partial charge in [0.05, 0.1) is 12.1 Å². The molecule has 1 aliphatic carbocycles. The Morgan fingerprint density at radius 2 is 2.00 bits per heavy atom. The normalized spacial score (nSPS) is 32.5. The van der Waals surface area contributed by atoms with Crippen molar-refractivity contribution in [3.05, 3.63) is 0 Å². The third-order valence-electron chi connectivity index (χ3n) is 4.65. The van der Waals surface area contributed by atoms with Crippen molar-refractivity contribution in [1.82, 2.24) is 10.2 Å². The molecule has 3 atom stereocenters. The summed E-state index contributed by atoms with van der Waals surface area (Å²) >= 11 is 0. The van der Waals surface area contributed by atoms with Gasteiger partial charge in [0.25, 0.3) is 0 Å². The van der Waals surface area contributed by atoms with Crippen LogP contribution in [0.3, 0.4) is 0 Å². The molecule has 3 nitrogen and oxygen atoms in total. The van der Waals surface area contributed by atoms with Crippen LogP contribution in [-0.2, 0) is 0 Å². The Bertz CT molecular complexity index is 269. The number of fused-ring (bicyclic) bond motifs is 1. The lowest BCUT2D eigenvalue weighted by atomic mass is 9.90. The summed E-state index contributed by atoms with van der Waals surface area (Å²) in [6.45, 7) is 8.90. The number of hydrogen-bond acceptors (Lipinski definition) is 3. The highest BCUT2D eigenvalue weighted by Crippen LogP contribution is 2.37. The predicted molar refractivity (Wildman–Crippen MR) is 75.7 cm³/mol. The zero-order valence-corrected chi connectivity index (χ0v) is 12.3. The Hall–Kier alpha value is -0.120. The van der Waals surface area contributed by atoms with Crippen molar-refractivity contribution < 1.29 is 5.11 Å². The molecule has 0 aromatic carbocycles. The van der Waals surface area contributed by atoms with E-state index in [0.717, 1.165) is 18.5 Å². The number of hydrogen-bond donors (Lipinski definition) is 2. The van der Waals surface area contributed by atoms with Gasteiger partial charge in [0.15, 0.2) is 0 Å². The number of nitrogens with one attached hydrogen (secondary N) is 1. The van der Waals surface area contributed by atoms with Crippen molar-refractivity contribution in [2.75, 3.05) is 19.7 Å². The molecule has 0 amide bonds. The molecule has 1 aliphatic heterocycles. The number of nitrogens with zero attached hydrogens (tertiary/aromatic N) is 1. The van der Waals surface area contributed by atoms with Crippen molar-refractivity contribution in [2.24, 2.45) is 5.92 Å². The van der Waals surface area contributed by atoms with Gasteiger partial charge < -0.3 is 10.4 Å². The molecule has 0 radical (unpaired) electrons. The Morgan fingerprint density at radius 3 is 2.67 bits per heavy atom. The SMILES string of the molecule is CC(C)NC(C)(CO)CN1CCCC2CCCC21. The minimum atomic E-state index is -0.154. The molecule has 0 aromatic rings. The van der Waals surface area contributed by atoms with Crippen LogP contribution in [0.15, 0.2) is 0 Å². The first-order chi connectivity index (χ1) is 8.54. The number of piperidine rings is 1. The molecule has 18 heavy (non-hydrogen) atoms. The van der Waals surface area contributed by atoms with Crippen LogP contribution in [0, 0.1) is 5.92 Å². The van der Waals surface area contributed by atoms with Crippen molar-refractivity contribution in [2.45, 2.75) is 70.5 Å². The van der Waals surface area contributed by atoms with E-state index in [1.807, 2.05) is 0 Å². The van der Waals surface area contributed by atoms with Gasteiger partial charge >= 0.3 is 0 Å². The summed E-state index contributed by atoms with van der Waals surface area (Å²) in [5, 5.41) is 13.3. The van der Waals surface area contributed by atoms with E-state index in [1.54, 1.807) is 0 Å². The highest BCUT2D eigenvalue weighted by Gasteiger charge is 2.38. The molecule has 0 aromatic heterocycles. The molecule has 2 fully saturated rings. The van der Waals surface area contributed by atoms with E-state index in [0.29, 0.717) is 6.04 Å². The van der Waals surface area contributed by atoms with E-state index in [-0.39, 0.29) is 12.1 Å². The monoisotopic (exact) mass is 254 g/mol. The molecule has 2 N–H and O–H groups in total. The van der Waals surface area contributed by atoms with Gasteiger partial charge in [0.1, 0.15) is 0 Å². The van der Waals surface area contributed by atoms with Crippen molar-refractivity contribution >= 4 is 0 Å². The highest BCUT2D eigenvalue weighted by atomic mass is 16.3. The maximum Gasteiger partial charge on any atom is 0.0623 e. The fourth-order valence-corrected chi connectivity index (χ4v) is 4.04. The quantitative estimate of drug-likeness (QED) is 0.788. The summed E-state index contributed by atoms with van der Waals surface area (Å²) in [4.78, 5) is 2.65. The van der Waals surface area contributed by atoms with Crippen molar-refractivity contribution in [3.8, 4) is 0 Å². The molecular formula is C15H30N2O. The standard InChI is InChI=1S/C15H30N2O/c1-12(2)16-15(3,11-18)10-17-9-5-7-13-6-4-8-14(13)17/h12-14,16,18H,4-11H2,1-3H3. The maximum absolute atomic E-state index is 9.72. The van der Waals surface area contributed by atoms with Gasteiger partial charge in [-0.25, -0.2) is 0 Å². The van der Waals surface area contributed by atoms with Gasteiger partial charge in [-0.1, -0.05) is 20.3 Å². The van der Waals surface area contributed by atoms with E-state index in [2.05, 4.69) is 31.0 Å². The molecule has 2 rings (SSSR count). The van der Waals surface area contributed by atoms with Crippen LogP contribution >= 0.6 is 0 Å². The van der Waals surface area contributed by atoms with Crippen LogP contribution < -0.4 is 5.32 Å². The van der Waals surface area contributed by atoms with Crippen LogP contribution in [0.5, 0.6) is 0 Å².